The van der Waals surface area contributed by atoms with Gasteiger partial charge in [0.1, 0.15) is 5.75 Å². The molecule has 22 heavy (non-hydrogen) atoms. The van der Waals surface area contributed by atoms with Gasteiger partial charge in [-0.2, -0.15) is 0 Å². The summed E-state index contributed by atoms with van der Waals surface area (Å²) in [7, 11) is -3.21. The van der Waals surface area contributed by atoms with Gasteiger partial charge in [-0.15, -0.1) is 0 Å². The Morgan fingerprint density at radius 2 is 1.95 bits per heavy atom. The Morgan fingerprint density at radius 1 is 1.27 bits per heavy atom. The van der Waals surface area contributed by atoms with Gasteiger partial charge in [0.25, 0.3) is 0 Å². The molecule has 1 aromatic rings. The predicted octanol–water partition coefficient (Wildman–Crippen LogP) is 2.53. The summed E-state index contributed by atoms with van der Waals surface area (Å²) >= 11 is 0. The van der Waals surface area contributed by atoms with Gasteiger partial charge in [0.15, 0.2) is 9.84 Å². The first-order valence-electron chi connectivity index (χ1n) is 7.42. The average molecular weight is 323 g/mol. The predicted molar refractivity (Wildman–Crippen MR) is 86.7 cm³/mol. The zero-order valence-electron chi connectivity index (χ0n) is 12.9. The molecule has 120 valence electrons. The number of anilines is 1. The monoisotopic (exact) mass is 323 g/mol. The topological polar surface area (TPSA) is 63.7 Å². The van der Waals surface area contributed by atoms with Crippen LogP contribution in [0.2, 0.25) is 0 Å². The van der Waals surface area contributed by atoms with E-state index in [1.165, 1.54) is 5.41 Å². The van der Waals surface area contributed by atoms with Crippen molar-refractivity contribution in [3.05, 3.63) is 35.7 Å². The molecule has 0 aliphatic carbocycles. The van der Waals surface area contributed by atoms with Crippen LogP contribution in [0.5, 0.6) is 5.75 Å². The zero-order chi connectivity index (χ0) is 16.2. The smallest absolute Gasteiger partial charge is 0.227 e. The van der Waals surface area contributed by atoms with Crippen LogP contribution in [-0.2, 0) is 14.6 Å². The van der Waals surface area contributed by atoms with Crippen molar-refractivity contribution >= 4 is 21.4 Å². The van der Waals surface area contributed by atoms with Gasteiger partial charge in [0, 0.05) is 17.5 Å². The first-order chi connectivity index (χ1) is 10.5. The third kappa shape index (κ3) is 3.88. The second kappa shape index (κ2) is 6.96. The minimum atomic E-state index is -3.21. The summed E-state index contributed by atoms with van der Waals surface area (Å²) in [6.07, 6.45) is 2.69. The molecule has 0 aromatic heterocycles. The molecule has 0 fully saturated rings. The van der Waals surface area contributed by atoms with E-state index < -0.39 is 15.9 Å². The van der Waals surface area contributed by atoms with E-state index in [0.29, 0.717) is 18.7 Å². The molecular weight excluding hydrogens is 302 g/mol. The van der Waals surface area contributed by atoms with Crippen molar-refractivity contribution in [2.45, 2.75) is 32.7 Å². The van der Waals surface area contributed by atoms with E-state index in [1.54, 1.807) is 35.2 Å². The molecular formula is C16H21NO4S. The Balaban J connectivity index is 2.28. The van der Waals surface area contributed by atoms with E-state index in [9.17, 15) is 13.2 Å². The van der Waals surface area contributed by atoms with Gasteiger partial charge in [-0.05, 0) is 43.7 Å². The fourth-order valence-corrected chi connectivity index (χ4v) is 3.71. The van der Waals surface area contributed by atoms with E-state index in [0.717, 1.165) is 12.2 Å². The number of rotatable bonds is 6. The average Bonchev–Trinajstić information content (AvgIpc) is 2.82. The first-order valence-corrected chi connectivity index (χ1v) is 9.14. The highest BCUT2D eigenvalue weighted by Crippen LogP contribution is 2.26. The summed E-state index contributed by atoms with van der Waals surface area (Å²) in [6, 6.07) is 6.72. The molecule has 0 saturated carbocycles. The molecule has 1 heterocycles. The van der Waals surface area contributed by atoms with Crippen LogP contribution in [0.25, 0.3) is 0 Å². The van der Waals surface area contributed by atoms with Gasteiger partial charge in [0.05, 0.1) is 18.4 Å². The Kier molecular flexibility index (Phi) is 5.24. The van der Waals surface area contributed by atoms with Crippen LogP contribution in [0.3, 0.4) is 0 Å². The molecule has 1 atom stereocenters. The fraction of sp³-hybridized carbons (Fsp3) is 0.438. The van der Waals surface area contributed by atoms with Gasteiger partial charge in [0.2, 0.25) is 5.91 Å². The Hall–Kier alpha value is -1.82. The highest BCUT2D eigenvalue weighted by molar-refractivity contribution is 7.94. The van der Waals surface area contributed by atoms with Gasteiger partial charge < -0.3 is 9.64 Å². The number of hydrogen-bond donors (Lipinski definition) is 0. The molecule has 1 aromatic carbocycles. The summed E-state index contributed by atoms with van der Waals surface area (Å²) in [5.41, 5.74) is 0.689. The van der Waals surface area contributed by atoms with Crippen molar-refractivity contribution in [1.82, 2.24) is 0 Å². The molecule has 0 bridgehead atoms. The number of hydrogen-bond acceptors (Lipinski definition) is 4. The summed E-state index contributed by atoms with van der Waals surface area (Å²) in [5.74, 6) is 0.595. The Bertz CT molecular complexity index is 649. The Labute approximate surface area is 131 Å². The molecule has 0 saturated heterocycles. The van der Waals surface area contributed by atoms with E-state index in [2.05, 4.69) is 0 Å². The van der Waals surface area contributed by atoms with Crippen molar-refractivity contribution in [1.29, 1.82) is 0 Å². The van der Waals surface area contributed by atoms with Crippen molar-refractivity contribution in [2.75, 3.05) is 17.3 Å². The van der Waals surface area contributed by atoms with Crippen LogP contribution in [0.4, 0.5) is 5.69 Å². The lowest BCUT2D eigenvalue weighted by Crippen LogP contribution is -2.41. The molecule has 2 rings (SSSR count). The standard InChI is InChI=1S/C16H21NO4S/c1-3-5-16(18)17(14-10-11-22(19,20)12-14)13-6-8-15(9-7-13)21-4-2/h6-11,14H,3-5,12H2,1-2H3/t14-/m1/s1. The SMILES string of the molecule is CCCC(=O)N(c1ccc(OCC)cc1)[C@@H]1C=CS(=O)(=O)C1. The molecule has 0 N–H and O–H groups in total. The van der Waals surface area contributed by atoms with Gasteiger partial charge in [-0.1, -0.05) is 6.92 Å². The maximum atomic E-state index is 12.4. The summed E-state index contributed by atoms with van der Waals surface area (Å²) in [4.78, 5) is 14.0. The molecule has 6 heteroatoms. The van der Waals surface area contributed by atoms with Crippen molar-refractivity contribution in [3.8, 4) is 5.75 Å². The van der Waals surface area contributed by atoms with Gasteiger partial charge in [-0.3, -0.25) is 4.79 Å². The normalized spacial score (nSPS) is 19.1. The van der Waals surface area contributed by atoms with Crippen molar-refractivity contribution < 1.29 is 17.9 Å². The number of benzene rings is 1. The number of ether oxygens (including phenoxy) is 1. The lowest BCUT2D eigenvalue weighted by atomic mass is 10.1. The highest BCUT2D eigenvalue weighted by Gasteiger charge is 2.30. The molecule has 1 aliphatic heterocycles. The maximum Gasteiger partial charge on any atom is 0.227 e. The molecule has 0 spiro atoms. The Morgan fingerprint density at radius 3 is 2.45 bits per heavy atom. The third-order valence-corrected chi connectivity index (χ3v) is 4.78. The lowest BCUT2D eigenvalue weighted by molar-refractivity contribution is -0.118. The van der Waals surface area contributed by atoms with Gasteiger partial charge >= 0.3 is 0 Å². The number of carbonyl (C=O) groups excluding carboxylic acids is 1. The molecule has 1 amide bonds. The summed E-state index contributed by atoms with van der Waals surface area (Å²) in [6.45, 7) is 4.40. The number of nitrogens with zero attached hydrogens (tertiary/aromatic N) is 1. The van der Waals surface area contributed by atoms with Crippen molar-refractivity contribution in [2.24, 2.45) is 0 Å². The van der Waals surface area contributed by atoms with Crippen LogP contribution < -0.4 is 9.64 Å². The highest BCUT2D eigenvalue weighted by atomic mass is 32.2. The maximum absolute atomic E-state index is 12.4. The first kappa shape index (κ1) is 16.5. The van der Waals surface area contributed by atoms with Crippen LogP contribution in [-0.4, -0.2) is 32.7 Å². The largest absolute Gasteiger partial charge is 0.494 e. The molecule has 0 unspecified atom stereocenters. The lowest BCUT2D eigenvalue weighted by Gasteiger charge is -2.27. The summed E-state index contributed by atoms with van der Waals surface area (Å²) in [5, 5.41) is 1.19. The minimum absolute atomic E-state index is 0.0599. The third-order valence-electron chi connectivity index (χ3n) is 3.40. The minimum Gasteiger partial charge on any atom is -0.494 e. The summed E-state index contributed by atoms with van der Waals surface area (Å²) < 4.78 is 28.7. The van der Waals surface area contributed by atoms with E-state index in [-0.39, 0.29) is 11.7 Å². The number of amides is 1. The second-order valence-corrected chi connectivity index (χ2v) is 7.10. The van der Waals surface area contributed by atoms with E-state index in [4.69, 9.17) is 4.74 Å². The van der Waals surface area contributed by atoms with Crippen LogP contribution in [0.15, 0.2) is 35.7 Å². The van der Waals surface area contributed by atoms with Crippen LogP contribution >= 0.6 is 0 Å². The van der Waals surface area contributed by atoms with Gasteiger partial charge in [-0.25, -0.2) is 8.42 Å². The number of carbonyl (C=O) groups is 1. The fourth-order valence-electron chi connectivity index (χ4n) is 2.44. The number of sulfone groups is 1. The molecule has 1 aliphatic rings. The van der Waals surface area contributed by atoms with Crippen LogP contribution in [0.1, 0.15) is 26.7 Å². The van der Waals surface area contributed by atoms with E-state index in [1.807, 2.05) is 13.8 Å². The molecule has 5 nitrogen and oxygen atoms in total. The zero-order valence-corrected chi connectivity index (χ0v) is 13.7. The van der Waals surface area contributed by atoms with Crippen LogP contribution in [0, 0.1) is 0 Å². The van der Waals surface area contributed by atoms with Crippen molar-refractivity contribution in [3.63, 3.8) is 0 Å². The second-order valence-electron chi connectivity index (χ2n) is 5.17. The van der Waals surface area contributed by atoms with E-state index >= 15 is 0 Å². The quantitative estimate of drug-likeness (QED) is 0.807. The molecule has 0 radical (unpaired) electrons.